The van der Waals surface area contributed by atoms with Crippen LogP contribution in [0.4, 0.5) is 0 Å². The van der Waals surface area contributed by atoms with E-state index in [0.717, 1.165) is 4.47 Å². The number of carbonyl (C=O) groups is 2. The van der Waals surface area contributed by atoms with E-state index < -0.39 is 0 Å². The van der Waals surface area contributed by atoms with Gasteiger partial charge in [-0.2, -0.15) is 0 Å². The number of nitrogens with zero attached hydrogens (tertiary/aromatic N) is 1. The Morgan fingerprint density at radius 1 is 1.21 bits per heavy atom. The van der Waals surface area contributed by atoms with Gasteiger partial charge in [-0.05, 0) is 30.5 Å². The molecule has 102 valence electrons. The molecule has 1 aromatic carbocycles. The Morgan fingerprint density at radius 2 is 1.84 bits per heavy atom. The molecule has 1 aromatic rings. The summed E-state index contributed by atoms with van der Waals surface area (Å²) in [5.41, 5.74) is 0.875. The molecule has 2 rings (SSSR count). The van der Waals surface area contributed by atoms with Crippen molar-refractivity contribution in [2.75, 3.05) is 6.61 Å². The highest BCUT2D eigenvalue weighted by Crippen LogP contribution is 2.30. The maximum atomic E-state index is 12.4. The first-order valence-electron chi connectivity index (χ1n) is 6.25. The first kappa shape index (κ1) is 14.2. The Morgan fingerprint density at radius 3 is 2.42 bits per heavy atom. The summed E-state index contributed by atoms with van der Waals surface area (Å²) in [4.78, 5) is 26.0. The largest absolute Gasteiger partial charge is 0.396 e. The van der Waals surface area contributed by atoms with Gasteiger partial charge in [0.05, 0.1) is 11.1 Å². The van der Waals surface area contributed by atoms with Crippen LogP contribution in [0.5, 0.6) is 0 Å². The molecule has 1 atom stereocenters. The van der Waals surface area contributed by atoms with E-state index in [-0.39, 0.29) is 30.4 Å². The van der Waals surface area contributed by atoms with E-state index in [1.807, 2.05) is 13.8 Å². The van der Waals surface area contributed by atoms with Crippen molar-refractivity contribution in [1.82, 2.24) is 4.90 Å². The molecule has 1 N–H and O–H groups in total. The molecule has 0 aromatic heterocycles. The number of hydrogen-bond donors (Lipinski definition) is 1. The van der Waals surface area contributed by atoms with Crippen LogP contribution in [0.3, 0.4) is 0 Å². The fraction of sp³-hybridized carbons (Fsp3) is 0.429. The van der Waals surface area contributed by atoms with Crippen LogP contribution in [-0.4, -0.2) is 34.5 Å². The van der Waals surface area contributed by atoms with E-state index in [4.69, 9.17) is 5.11 Å². The third kappa shape index (κ3) is 2.44. The van der Waals surface area contributed by atoms with Crippen molar-refractivity contribution >= 4 is 27.7 Å². The molecule has 0 fully saturated rings. The zero-order chi connectivity index (χ0) is 14.2. The van der Waals surface area contributed by atoms with E-state index in [0.29, 0.717) is 17.5 Å². The van der Waals surface area contributed by atoms with Crippen LogP contribution in [0.2, 0.25) is 0 Å². The fourth-order valence-corrected chi connectivity index (χ4v) is 2.79. The van der Waals surface area contributed by atoms with Gasteiger partial charge in [0.1, 0.15) is 0 Å². The lowest BCUT2D eigenvalue weighted by Gasteiger charge is -2.28. The third-order valence-corrected chi connectivity index (χ3v) is 3.90. The number of fused-ring (bicyclic) bond motifs is 1. The van der Waals surface area contributed by atoms with Crippen molar-refractivity contribution < 1.29 is 14.7 Å². The molecule has 0 aliphatic carbocycles. The topological polar surface area (TPSA) is 57.6 Å². The first-order chi connectivity index (χ1) is 8.97. The zero-order valence-electron chi connectivity index (χ0n) is 10.9. The highest BCUT2D eigenvalue weighted by molar-refractivity contribution is 9.10. The summed E-state index contributed by atoms with van der Waals surface area (Å²) in [6.07, 6.45) is 0.407. The minimum absolute atomic E-state index is 0.0417. The lowest BCUT2D eigenvalue weighted by Crippen LogP contribution is -2.43. The molecule has 0 bridgehead atoms. The summed E-state index contributed by atoms with van der Waals surface area (Å²) in [7, 11) is 0. The van der Waals surface area contributed by atoms with Crippen molar-refractivity contribution in [3.63, 3.8) is 0 Å². The average Bonchev–Trinajstić information content (AvgIpc) is 2.59. The number of rotatable bonds is 4. The molecule has 0 saturated carbocycles. The van der Waals surface area contributed by atoms with Gasteiger partial charge < -0.3 is 5.11 Å². The van der Waals surface area contributed by atoms with Crippen LogP contribution in [-0.2, 0) is 0 Å². The molecule has 0 radical (unpaired) electrons. The molecular weight excluding hydrogens is 310 g/mol. The maximum absolute atomic E-state index is 12.4. The Bertz CT molecular complexity index is 527. The van der Waals surface area contributed by atoms with Crippen LogP contribution >= 0.6 is 15.9 Å². The first-order valence-corrected chi connectivity index (χ1v) is 7.05. The number of imide groups is 1. The van der Waals surface area contributed by atoms with Gasteiger partial charge in [-0.1, -0.05) is 29.8 Å². The maximum Gasteiger partial charge on any atom is 0.261 e. The van der Waals surface area contributed by atoms with Crippen LogP contribution in [0.25, 0.3) is 0 Å². The normalized spacial score (nSPS) is 16.2. The lowest BCUT2D eigenvalue weighted by atomic mass is 9.99. The van der Waals surface area contributed by atoms with E-state index in [2.05, 4.69) is 15.9 Å². The van der Waals surface area contributed by atoms with Gasteiger partial charge in [-0.3, -0.25) is 14.5 Å². The van der Waals surface area contributed by atoms with Crippen LogP contribution < -0.4 is 0 Å². The summed E-state index contributed by atoms with van der Waals surface area (Å²) in [5.74, 6) is -0.425. The van der Waals surface area contributed by atoms with Gasteiger partial charge in [0.15, 0.2) is 0 Å². The second kappa shape index (κ2) is 5.43. The number of aliphatic hydroxyl groups is 1. The van der Waals surface area contributed by atoms with Crippen molar-refractivity contribution in [2.24, 2.45) is 5.92 Å². The van der Waals surface area contributed by atoms with Gasteiger partial charge in [-0.25, -0.2) is 0 Å². The molecule has 1 aliphatic rings. The molecule has 2 amide bonds. The highest BCUT2D eigenvalue weighted by atomic mass is 79.9. The summed E-state index contributed by atoms with van der Waals surface area (Å²) < 4.78 is 0.775. The van der Waals surface area contributed by atoms with Gasteiger partial charge in [0.25, 0.3) is 11.8 Å². The van der Waals surface area contributed by atoms with E-state index in [9.17, 15) is 9.59 Å². The molecule has 1 unspecified atom stereocenters. The minimum Gasteiger partial charge on any atom is -0.396 e. The van der Waals surface area contributed by atoms with E-state index in [1.54, 1.807) is 18.2 Å². The lowest BCUT2D eigenvalue weighted by molar-refractivity contribution is 0.0510. The molecule has 1 heterocycles. The molecule has 0 spiro atoms. The summed E-state index contributed by atoms with van der Waals surface area (Å²) in [6, 6.07) is 4.82. The number of amides is 2. The standard InChI is InChI=1S/C14H16BrNO3/c1-8(2)12(5-6-17)16-13(18)10-4-3-9(15)7-11(10)14(16)19/h3-4,7-8,12,17H,5-6H2,1-2H3. The quantitative estimate of drug-likeness (QED) is 0.865. The number of hydrogen-bond acceptors (Lipinski definition) is 3. The number of halogens is 1. The highest BCUT2D eigenvalue weighted by Gasteiger charge is 2.40. The Kier molecular flexibility index (Phi) is 4.06. The molecule has 19 heavy (non-hydrogen) atoms. The van der Waals surface area contributed by atoms with Crippen LogP contribution in [0.15, 0.2) is 22.7 Å². The second-order valence-corrected chi connectivity index (χ2v) is 5.91. The van der Waals surface area contributed by atoms with Crippen molar-refractivity contribution in [3.8, 4) is 0 Å². The van der Waals surface area contributed by atoms with Crippen LogP contribution in [0, 0.1) is 5.92 Å². The monoisotopic (exact) mass is 325 g/mol. The Balaban J connectivity index is 2.41. The van der Waals surface area contributed by atoms with E-state index >= 15 is 0 Å². The zero-order valence-corrected chi connectivity index (χ0v) is 12.5. The Labute approximate surface area is 120 Å². The predicted octanol–water partition coefficient (Wildman–Crippen LogP) is 2.45. The minimum atomic E-state index is -0.270. The fourth-order valence-electron chi connectivity index (χ4n) is 2.43. The molecule has 4 nitrogen and oxygen atoms in total. The van der Waals surface area contributed by atoms with Crippen molar-refractivity contribution in [1.29, 1.82) is 0 Å². The molecule has 1 aliphatic heterocycles. The average molecular weight is 326 g/mol. The Hall–Kier alpha value is -1.20. The van der Waals surface area contributed by atoms with Crippen molar-refractivity contribution in [2.45, 2.75) is 26.3 Å². The molecule has 0 saturated heterocycles. The number of carbonyl (C=O) groups excluding carboxylic acids is 2. The SMILES string of the molecule is CC(C)C(CCO)N1C(=O)c2ccc(Br)cc2C1=O. The third-order valence-electron chi connectivity index (χ3n) is 3.41. The summed E-state index contributed by atoms with van der Waals surface area (Å²) in [5, 5.41) is 9.12. The van der Waals surface area contributed by atoms with Gasteiger partial charge in [0.2, 0.25) is 0 Å². The second-order valence-electron chi connectivity index (χ2n) is 4.99. The smallest absolute Gasteiger partial charge is 0.261 e. The van der Waals surface area contributed by atoms with Crippen molar-refractivity contribution in [3.05, 3.63) is 33.8 Å². The van der Waals surface area contributed by atoms with Gasteiger partial charge in [0, 0.05) is 17.1 Å². The number of aliphatic hydroxyl groups excluding tert-OH is 1. The summed E-state index contributed by atoms with van der Waals surface area (Å²) in [6.45, 7) is 3.85. The van der Waals surface area contributed by atoms with Gasteiger partial charge >= 0.3 is 0 Å². The molecule has 5 heteroatoms. The molecular formula is C14H16BrNO3. The number of benzene rings is 1. The summed E-state index contributed by atoms with van der Waals surface area (Å²) >= 11 is 3.31. The van der Waals surface area contributed by atoms with E-state index in [1.165, 1.54) is 4.90 Å². The van der Waals surface area contributed by atoms with Gasteiger partial charge in [-0.15, -0.1) is 0 Å². The van der Waals surface area contributed by atoms with Crippen LogP contribution in [0.1, 0.15) is 41.0 Å². The predicted molar refractivity (Wildman–Crippen MR) is 75.0 cm³/mol.